The number of hydrogen-bond donors (Lipinski definition) is 0. The standard InChI is InChI=1S/C14H24BrNO/c15-9-10-16(13-7-3-4-8-13)14(17)11-12-5-1-2-6-12/h12-13H,1-11H2. The van der Waals surface area contributed by atoms with E-state index in [1.807, 2.05) is 0 Å². The lowest BCUT2D eigenvalue weighted by Crippen LogP contribution is -2.40. The van der Waals surface area contributed by atoms with Crippen LogP contribution in [0.25, 0.3) is 0 Å². The Morgan fingerprint density at radius 1 is 1.06 bits per heavy atom. The van der Waals surface area contributed by atoms with Crippen LogP contribution in [0.2, 0.25) is 0 Å². The van der Waals surface area contributed by atoms with E-state index in [0.29, 0.717) is 17.9 Å². The predicted molar refractivity (Wildman–Crippen MR) is 74.3 cm³/mol. The van der Waals surface area contributed by atoms with Gasteiger partial charge in [-0.1, -0.05) is 41.6 Å². The van der Waals surface area contributed by atoms with E-state index in [1.54, 1.807) is 0 Å². The zero-order valence-electron chi connectivity index (χ0n) is 10.7. The van der Waals surface area contributed by atoms with Crippen LogP contribution in [0.1, 0.15) is 57.8 Å². The average Bonchev–Trinajstić information content (AvgIpc) is 2.97. The Morgan fingerprint density at radius 3 is 2.24 bits per heavy atom. The summed E-state index contributed by atoms with van der Waals surface area (Å²) in [6, 6.07) is 0.543. The van der Waals surface area contributed by atoms with Crippen LogP contribution in [0.4, 0.5) is 0 Å². The zero-order valence-corrected chi connectivity index (χ0v) is 12.3. The van der Waals surface area contributed by atoms with E-state index in [1.165, 1.54) is 51.4 Å². The highest BCUT2D eigenvalue weighted by Gasteiger charge is 2.28. The molecule has 17 heavy (non-hydrogen) atoms. The number of alkyl halides is 1. The number of carbonyl (C=O) groups is 1. The van der Waals surface area contributed by atoms with Gasteiger partial charge in [0.2, 0.25) is 5.91 Å². The quantitative estimate of drug-likeness (QED) is 0.709. The fourth-order valence-corrected chi connectivity index (χ4v) is 3.78. The molecule has 0 aromatic carbocycles. The molecule has 0 aromatic rings. The van der Waals surface area contributed by atoms with Gasteiger partial charge >= 0.3 is 0 Å². The lowest BCUT2D eigenvalue weighted by Gasteiger charge is -2.29. The Kier molecular flexibility index (Phi) is 5.33. The van der Waals surface area contributed by atoms with Crippen molar-refractivity contribution in [2.45, 2.75) is 63.8 Å². The molecule has 98 valence electrons. The molecule has 0 N–H and O–H groups in total. The molecule has 2 fully saturated rings. The van der Waals surface area contributed by atoms with Crippen molar-refractivity contribution < 1.29 is 4.79 Å². The predicted octanol–water partition coefficient (Wildman–Crippen LogP) is 3.73. The van der Waals surface area contributed by atoms with Crippen molar-refractivity contribution in [3.8, 4) is 0 Å². The Labute approximate surface area is 113 Å². The number of carbonyl (C=O) groups excluding carboxylic acids is 1. The average molecular weight is 302 g/mol. The van der Waals surface area contributed by atoms with E-state index < -0.39 is 0 Å². The first-order valence-corrected chi connectivity index (χ1v) is 8.29. The second-order valence-electron chi connectivity index (χ2n) is 5.57. The second kappa shape index (κ2) is 6.77. The molecule has 0 radical (unpaired) electrons. The number of nitrogens with zero attached hydrogens (tertiary/aromatic N) is 1. The summed E-state index contributed by atoms with van der Waals surface area (Å²) in [5.74, 6) is 1.10. The van der Waals surface area contributed by atoms with Gasteiger partial charge in [0.25, 0.3) is 0 Å². The molecule has 0 aromatic heterocycles. The summed E-state index contributed by atoms with van der Waals surface area (Å²) in [5.41, 5.74) is 0. The maximum Gasteiger partial charge on any atom is 0.223 e. The molecule has 0 unspecified atom stereocenters. The number of halogens is 1. The van der Waals surface area contributed by atoms with E-state index in [-0.39, 0.29) is 0 Å². The zero-order chi connectivity index (χ0) is 12.1. The van der Waals surface area contributed by atoms with E-state index in [2.05, 4.69) is 20.8 Å². The first-order valence-electron chi connectivity index (χ1n) is 7.16. The van der Waals surface area contributed by atoms with Crippen LogP contribution in [-0.2, 0) is 4.79 Å². The molecule has 3 heteroatoms. The third-order valence-electron chi connectivity index (χ3n) is 4.35. The third-order valence-corrected chi connectivity index (χ3v) is 4.70. The number of rotatable bonds is 5. The van der Waals surface area contributed by atoms with Gasteiger partial charge in [-0.05, 0) is 31.6 Å². The maximum atomic E-state index is 12.4. The molecule has 0 heterocycles. The first-order chi connectivity index (χ1) is 8.31. The fraction of sp³-hybridized carbons (Fsp3) is 0.929. The normalized spacial score (nSPS) is 22.2. The summed E-state index contributed by atoms with van der Waals surface area (Å²) in [7, 11) is 0. The van der Waals surface area contributed by atoms with Crippen molar-refractivity contribution in [3.05, 3.63) is 0 Å². The van der Waals surface area contributed by atoms with Crippen LogP contribution in [0.5, 0.6) is 0 Å². The van der Waals surface area contributed by atoms with Crippen LogP contribution in [0, 0.1) is 5.92 Å². The molecular weight excluding hydrogens is 278 g/mol. The lowest BCUT2D eigenvalue weighted by molar-refractivity contribution is -0.134. The minimum Gasteiger partial charge on any atom is -0.339 e. The molecule has 2 rings (SSSR count). The van der Waals surface area contributed by atoms with Gasteiger partial charge in [-0.3, -0.25) is 4.79 Å². The molecular formula is C14H24BrNO. The third kappa shape index (κ3) is 3.70. The second-order valence-corrected chi connectivity index (χ2v) is 6.36. The van der Waals surface area contributed by atoms with Crippen molar-refractivity contribution >= 4 is 21.8 Å². The summed E-state index contributed by atoms with van der Waals surface area (Å²) in [6.07, 6.45) is 11.1. The van der Waals surface area contributed by atoms with Gasteiger partial charge in [-0.2, -0.15) is 0 Å². The summed E-state index contributed by atoms with van der Waals surface area (Å²) in [4.78, 5) is 14.5. The van der Waals surface area contributed by atoms with Gasteiger partial charge in [0, 0.05) is 24.3 Å². The van der Waals surface area contributed by atoms with E-state index in [9.17, 15) is 4.79 Å². The topological polar surface area (TPSA) is 20.3 Å². The number of hydrogen-bond acceptors (Lipinski definition) is 1. The highest BCUT2D eigenvalue weighted by Crippen LogP contribution is 2.30. The molecule has 2 saturated carbocycles. The Bertz CT molecular complexity index is 245. The van der Waals surface area contributed by atoms with Gasteiger partial charge in [0.1, 0.15) is 0 Å². The Balaban J connectivity index is 1.86. The minimum absolute atomic E-state index is 0.420. The highest BCUT2D eigenvalue weighted by atomic mass is 79.9. The highest BCUT2D eigenvalue weighted by molar-refractivity contribution is 9.09. The van der Waals surface area contributed by atoms with E-state index >= 15 is 0 Å². The molecule has 1 amide bonds. The summed E-state index contributed by atoms with van der Waals surface area (Å²) >= 11 is 3.48. The fourth-order valence-electron chi connectivity index (χ4n) is 3.40. The van der Waals surface area contributed by atoms with Gasteiger partial charge in [-0.15, -0.1) is 0 Å². The van der Waals surface area contributed by atoms with Crippen molar-refractivity contribution in [1.29, 1.82) is 0 Å². The van der Waals surface area contributed by atoms with Crippen LogP contribution < -0.4 is 0 Å². The first kappa shape index (κ1) is 13.4. The minimum atomic E-state index is 0.420. The lowest BCUT2D eigenvalue weighted by atomic mass is 10.0. The van der Waals surface area contributed by atoms with Crippen molar-refractivity contribution in [3.63, 3.8) is 0 Å². The van der Waals surface area contributed by atoms with Crippen molar-refractivity contribution in [2.75, 3.05) is 11.9 Å². The smallest absolute Gasteiger partial charge is 0.223 e. The van der Waals surface area contributed by atoms with Gasteiger partial charge in [-0.25, -0.2) is 0 Å². The largest absolute Gasteiger partial charge is 0.339 e. The maximum absolute atomic E-state index is 12.4. The van der Waals surface area contributed by atoms with Gasteiger partial charge < -0.3 is 4.90 Å². The Hall–Kier alpha value is -0.0500. The molecule has 0 bridgehead atoms. The van der Waals surface area contributed by atoms with Crippen molar-refractivity contribution in [1.82, 2.24) is 4.90 Å². The summed E-state index contributed by atoms with van der Waals surface area (Å²) in [5, 5.41) is 0.917. The van der Waals surface area contributed by atoms with E-state index in [0.717, 1.165) is 18.3 Å². The molecule has 0 spiro atoms. The molecule has 2 aliphatic carbocycles. The van der Waals surface area contributed by atoms with Gasteiger partial charge in [0.05, 0.1) is 0 Å². The summed E-state index contributed by atoms with van der Waals surface area (Å²) in [6.45, 7) is 0.899. The monoisotopic (exact) mass is 301 g/mol. The number of amides is 1. The summed E-state index contributed by atoms with van der Waals surface area (Å²) < 4.78 is 0. The molecule has 0 saturated heterocycles. The van der Waals surface area contributed by atoms with Crippen LogP contribution in [0.3, 0.4) is 0 Å². The van der Waals surface area contributed by atoms with Crippen molar-refractivity contribution in [2.24, 2.45) is 5.92 Å². The SMILES string of the molecule is O=C(CC1CCCC1)N(CCBr)C1CCCC1. The van der Waals surface area contributed by atoms with Crippen LogP contribution in [0.15, 0.2) is 0 Å². The Morgan fingerprint density at radius 2 is 1.65 bits per heavy atom. The molecule has 0 aliphatic heterocycles. The molecule has 2 nitrogen and oxygen atoms in total. The van der Waals surface area contributed by atoms with Crippen LogP contribution in [-0.4, -0.2) is 28.7 Å². The van der Waals surface area contributed by atoms with E-state index in [4.69, 9.17) is 0 Å². The molecule has 0 atom stereocenters. The molecule has 2 aliphatic rings. The van der Waals surface area contributed by atoms with Crippen LogP contribution >= 0.6 is 15.9 Å². The van der Waals surface area contributed by atoms with Gasteiger partial charge in [0.15, 0.2) is 0 Å².